The van der Waals surface area contributed by atoms with Crippen LogP contribution < -0.4 is 0 Å². The van der Waals surface area contributed by atoms with Gasteiger partial charge < -0.3 is 5.11 Å². The number of nitrogens with zero attached hydrogens (tertiary/aromatic N) is 1. The number of hydrogen-bond donors (Lipinski definition) is 1. The fourth-order valence-corrected chi connectivity index (χ4v) is 3.77. The molecule has 4 rings (SSSR count). The number of carboxylic acids is 1. The summed E-state index contributed by atoms with van der Waals surface area (Å²) >= 11 is 0. The van der Waals surface area contributed by atoms with Crippen LogP contribution in [-0.4, -0.2) is 33.8 Å². The summed E-state index contributed by atoms with van der Waals surface area (Å²) in [6, 6.07) is 11.4. The second-order valence-corrected chi connectivity index (χ2v) is 6.48. The summed E-state index contributed by atoms with van der Waals surface area (Å²) in [6.45, 7) is 0. The quantitative estimate of drug-likeness (QED) is 0.872. The highest BCUT2D eigenvalue weighted by molar-refractivity contribution is 6.21. The van der Waals surface area contributed by atoms with Crippen molar-refractivity contribution in [1.82, 2.24) is 4.90 Å². The number of hydrogen-bond acceptors (Lipinski definition) is 3. The van der Waals surface area contributed by atoms with Gasteiger partial charge in [-0.1, -0.05) is 24.3 Å². The molecule has 2 aromatic carbocycles. The lowest BCUT2D eigenvalue weighted by Gasteiger charge is -2.47. The van der Waals surface area contributed by atoms with E-state index in [0.29, 0.717) is 16.7 Å². The zero-order valence-corrected chi connectivity index (χ0v) is 13.1. The number of amides is 2. The molecule has 1 aliphatic heterocycles. The minimum Gasteiger partial charge on any atom is -0.481 e. The van der Waals surface area contributed by atoms with E-state index < -0.39 is 23.2 Å². The van der Waals surface area contributed by atoms with Gasteiger partial charge in [0.2, 0.25) is 0 Å². The number of carboxylic acid groups (broad SMARTS) is 1. The van der Waals surface area contributed by atoms with Crippen molar-refractivity contribution in [2.75, 3.05) is 0 Å². The average molecular weight is 339 g/mol. The predicted octanol–water partition coefficient (Wildman–Crippen LogP) is 2.61. The van der Waals surface area contributed by atoms with Gasteiger partial charge in [0.25, 0.3) is 11.8 Å². The normalized spacial score (nSPS) is 24.8. The van der Waals surface area contributed by atoms with Crippen molar-refractivity contribution in [3.63, 3.8) is 0 Å². The van der Waals surface area contributed by atoms with Crippen molar-refractivity contribution in [3.05, 3.63) is 71.0 Å². The molecule has 6 heteroatoms. The standard InChI is InChI=1S/C19H14FNO4/c20-12-7-5-11(6-8-12)19(18(24)25)9-13(10-19)21-16(22)14-3-1-2-4-15(14)17(21)23/h1-8,13H,9-10H2,(H,24,25). The van der Waals surface area contributed by atoms with Crippen LogP contribution >= 0.6 is 0 Å². The van der Waals surface area contributed by atoms with Crippen molar-refractivity contribution in [2.24, 2.45) is 0 Å². The Morgan fingerprint density at radius 1 is 1.00 bits per heavy atom. The van der Waals surface area contributed by atoms with Gasteiger partial charge in [-0.15, -0.1) is 0 Å². The molecule has 1 saturated carbocycles. The van der Waals surface area contributed by atoms with Crippen molar-refractivity contribution >= 4 is 17.8 Å². The molecule has 0 bridgehead atoms. The van der Waals surface area contributed by atoms with Crippen LogP contribution in [0.3, 0.4) is 0 Å². The smallest absolute Gasteiger partial charge is 0.314 e. The molecule has 1 aliphatic carbocycles. The molecule has 0 aromatic heterocycles. The fraction of sp³-hybridized carbons (Fsp3) is 0.211. The van der Waals surface area contributed by atoms with Crippen molar-refractivity contribution in [2.45, 2.75) is 24.3 Å². The summed E-state index contributed by atoms with van der Waals surface area (Å²) in [6.07, 6.45) is 0.249. The molecule has 0 spiro atoms. The Balaban J connectivity index is 1.62. The summed E-state index contributed by atoms with van der Waals surface area (Å²) < 4.78 is 13.1. The monoisotopic (exact) mass is 339 g/mol. The molecule has 126 valence electrons. The molecule has 2 aromatic rings. The molecule has 2 aliphatic rings. The number of carbonyl (C=O) groups is 3. The maximum Gasteiger partial charge on any atom is 0.314 e. The number of imide groups is 1. The first-order valence-electron chi connectivity index (χ1n) is 7.90. The molecule has 1 fully saturated rings. The number of carbonyl (C=O) groups excluding carboxylic acids is 2. The van der Waals surface area contributed by atoms with Crippen LogP contribution in [0, 0.1) is 5.82 Å². The molecule has 25 heavy (non-hydrogen) atoms. The number of benzene rings is 2. The minimum atomic E-state index is -1.20. The largest absolute Gasteiger partial charge is 0.481 e. The summed E-state index contributed by atoms with van der Waals surface area (Å²) in [5, 5.41) is 9.69. The predicted molar refractivity (Wildman–Crippen MR) is 85.7 cm³/mol. The second-order valence-electron chi connectivity index (χ2n) is 6.48. The molecule has 1 N–H and O–H groups in total. The molecule has 0 saturated heterocycles. The number of aliphatic carboxylic acids is 1. The lowest BCUT2D eigenvalue weighted by atomic mass is 9.61. The molecule has 0 atom stereocenters. The van der Waals surface area contributed by atoms with Crippen LogP contribution in [0.4, 0.5) is 4.39 Å². The molecular formula is C19H14FNO4. The Morgan fingerprint density at radius 3 is 2.00 bits per heavy atom. The lowest BCUT2D eigenvalue weighted by molar-refractivity contribution is -0.149. The summed E-state index contributed by atoms with van der Waals surface area (Å²) in [5.41, 5.74) is -0.0216. The molecule has 2 amide bonds. The third-order valence-electron chi connectivity index (χ3n) is 5.16. The lowest BCUT2D eigenvalue weighted by Crippen LogP contribution is -2.58. The van der Waals surface area contributed by atoms with Gasteiger partial charge in [-0.3, -0.25) is 19.3 Å². The summed E-state index contributed by atoms with van der Waals surface area (Å²) in [5.74, 6) is -2.25. The van der Waals surface area contributed by atoms with Crippen LogP contribution in [0.25, 0.3) is 0 Å². The van der Waals surface area contributed by atoms with Crippen LogP contribution in [0.15, 0.2) is 48.5 Å². The van der Waals surface area contributed by atoms with Gasteiger partial charge in [0.05, 0.1) is 16.5 Å². The van der Waals surface area contributed by atoms with Gasteiger partial charge in [0.1, 0.15) is 5.82 Å². The van der Waals surface area contributed by atoms with E-state index >= 15 is 0 Å². The van der Waals surface area contributed by atoms with Gasteiger partial charge in [-0.2, -0.15) is 0 Å². The Labute approximate surface area is 142 Å². The van der Waals surface area contributed by atoms with Gasteiger partial charge >= 0.3 is 5.97 Å². The molecule has 5 nitrogen and oxygen atoms in total. The molecule has 0 unspecified atom stereocenters. The average Bonchev–Trinajstić information content (AvgIpc) is 2.81. The van der Waals surface area contributed by atoms with E-state index in [4.69, 9.17) is 0 Å². The van der Waals surface area contributed by atoms with Crippen LogP contribution in [-0.2, 0) is 10.2 Å². The van der Waals surface area contributed by atoms with E-state index in [1.165, 1.54) is 24.3 Å². The highest BCUT2D eigenvalue weighted by Crippen LogP contribution is 2.48. The van der Waals surface area contributed by atoms with Gasteiger partial charge in [0, 0.05) is 6.04 Å². The fourth-order valence-electron chi connectivity index (χ4n) is 3.77. The van der Waals surface area contributed by atoms with Gasteiger partial charge in [-0.25, -0.2) is 4.39 Å². The SMILES string of the molecule is O=C1c2ccccc2C(=O)N1C1CC(C(=O)O)(c2ccc(F)cc2)C1. The van der Waals surface area contributed by atoms with Crippen LogP contribution in [0.2, 0.25) is 0 Å². The van der Waals surface area contributed by atoms with Crippen LogP contribution in [0.1, 0.15) is 39.1 Å². The Hall–Kier alpha value is -3.02. The molecule has 0 radical (unpaired) electrons. The van der Waals surface area contributed by atoms with E-state index in [-0.39, 0.29) is 24.7 Å². The van der Waals surface area contributed by atoms with Crippen LogP contribution in [0.5, 0.6) is 0 Å². The first-order chi connectivity index (χ1) is 11.9. The first kappa shape index (κ1) is 15.5. The third-order valence-corrected chi connectivity index (χ3v) is 5.16. The minimum absolute atomic E-state index is 0.124. The maximum atomic E-state index is 13.1. The highest BCUT2D eigenvalue weighted by Gasteiger charge is 2.56. The van der Waals surface area contributed by atoms with Crippen molar-refractivity contribution in [1.29, 1.82) is 0 Å². The van der Waals surface area contributed by atoms with Gasteiger partial charge in [0.15, 0.2) is 0 Å². The maximum absolute atomic E-state index is 13.1. The molecule has 1 heterocycles. The van der Waals surface area contributed by atoms with E-state index in [2.05, 4.69) is 0 Å². The van der Waals surface area contributed by atoms with Crippen molar-refractivity contribution in [3.8, 4) is 0 Å². The summed E-state index contributed by atoms with van der Waals surface area (Å²) in [4.78, 5) is 38.0. The first-order valence-corrected chi connectivity index (χ1v) is 7.90. The van der Waals surface area contributed by atoms with Gasteiger partial charge in [-0.05, 0) is 42.7 Å². The van der Waals surface area contributed by atoms with E-state index in [1.54, 1.807) is 24.3 Å². The Bertz CT molecular complexity index is 865. The number of fused-ring (bicyclic) bond motifs is 1. The summed E-state index contributed by atoms with van der Waals surface area (Å²) in [7, 11) is 0. The van der Waals surface area contributed by atoms with E-state index in [0.717, 1.165) is 4.90 Å². The molecular weight excluding hydrogens is 325 g/mol. The Kier molecular flexibility index (Phi) is 3.25. The van der Waals surface area contributed by atoms with E-state index in [9.17, 15) is 23.9 Å². The highest BCUT2D eigenvalue weighted by atomic mass is 19.1. The zero-order valence-electron chi connectivity index (χ0n) is 13.1. The Morgan fingerprint density at radius 2 is 1.52 bits per heavy atom. The number of rotatable bonds is 3. The van der Waals surface area contributed by atoms with E-state index in [1.807, 2.05) is 0 Å². The zero-order chi connectivity index (χ0) is 17.8. The van der Waals surface area contributed by atoms with Crippen molar-refractivity contribution < 1.29 is 23.9 Å². The number of halogens is 1. The topological polar surface area (TPSA) is 74.7 Å². The second kappa shape index (κ2) is 5.24. The third kappa shape index (κ3) is 2.10.